The number of allylic oxidation sites excluding steroid dienone is 4. The Balaban J connectivity index is -0.000000626. The molecule has 2 aliphatic rings. The standard InChI is InChI=1S/C18H29NO2.C9H14ClNO.C4H8O2.2C2H6.CH2O/c1-5-18(3,11-20-4)10-13-8-15(9-13)17-16(14-6-7-14)12(2)19-21-17;1-3-8(10)9(11-2)6-4-5-7-12;1-2-3-4(5)6;3*1-2/h13-15H,5-11H2,1-4H3;3-6,11-12H,7H2,1-2H3;2-3H2,1H3,(H,5,6);2*1-2H3;1H2/b;5-4+,8-3+,9-6+;;;;. The number of aryl methyl sites for hydroxylation is 1. The van der Waals surface area contributed by atoms with Gasteiger partial charge in [0.2, 0.25) is 0 Å². The Bertz CT molecular complexity index is 965. The average molecular weight is 657 g/mol. The van der Waals surface area contributed by atoms with E-state index in [4.69, 9.17) is 35.9 Å². The van der Waals surface area contributed by atoms with E-state index >= 15 is 0 Å². The number of nitrogens with zero attached hydrogens (tertiary/aromatic N) is 1. The van der Waals surface area contributed by atoms with Crippen molar-refractivity contribution < 1.29 is 29.1 Å². The largest absolute Gasteiger partial charge is 0.481 e. The minimum absolute atomic E-state index is 0.0426. The number of hydrogen-bond donors (Lipinski definition) is 3. The highest BCUT2D eigenvalue weighted by atomic mass is 35.5. The third kappa shape index (κ3) is 19.6. The zero-order valence-corrected chi connectivity index (χ0v) is 30.9. The molecule has 0 radical (unpaired) electrons. The van der Waals surface area contributed by atoms with E-state index in [1.807, 2.05) is 55.4 Å². The number of carboxylic acids is 1. The number of ether oxygens (including phenoxy) is 1. The van der Waals surface area contributed by atoms with Crippen molar-refractivity contribution in [3.63, 3.8) is 0 Å². The van der Waals surface area contributed by atoms with Crippen molar-refractivity contribution in [2.45, 2.75) is 126 Å². The SMILES string of the molecule is C=O.CC.CC.CCC(C)(COC)CC1CC(c2onc(C)c2C2CC2)C1.CCCC(=O)O.C\C=C(Cl)/C(=C\C=C\CO)NC. The van der Waals surface area contributed by atoms with Gasteiger partial charge in [-0.2, -0.15) is 0 Å². The Kier molecular flexibility index (Phi) is 30.3. The second kappa shape index (κ2) is 29.0. The fourth-order valence-corrected chi connectivity index (χ4v) is 5.06. The van der Waals surface area contributed by atoms with Gasteiger partial charge in [0.1, 0.15) is 12.5 Å². The molecule has 2 fully saturated rings. The van der Waals surface area contributed by atoms with Crippen LogP contribution >= 0.6 is 11.6 Å². The lowest BCUT2D eigenvalue weighted by atomic mass is 9.65. The molecule has 1 atom stereocenters. The lowest BCUT2D eigenvalue weighted by Gasteiger charge is -2.40. The minimum atomic E-state index is -0.711. The van der Waals surface area contributed by atoms with Gasteiger partial charge in [-0.1, -0.05) is 83.5 Å². The molecule has 0 aliphatic heterocycles. The van der Waals surface area contributed by atoms with Gasteiger partial charge < -0.3 is 29.6 Å². The number of aliphatic hydroxyl groups excluding tert-OH is 1. The fourth-order valence-electron chi connectivity index (χ4n) is 4.90. The summed E-state index contributed by atoms with van der Waals surface area (Å²) in [6.45, 7) is 21.4. The quantitative estimate of drug-likeness (QED) is 0.180. The van der Waals surface area contributed by atoms with Crippen LogP contribution in [0.15, 0.2) is 39.6 Å². The molecule has 3 N–H and O–H groups in total. The summed E-state index contributed by atoms with van der Waals surface area (Å²) in [5, 5.41) is 24.2. The van der Waals surface area contributed by atoms with Crippen LogP contribution in [0.3, 0.4) is 0 Å². The number of carbonyl (C=O) groups is 2. The first-order chi connectivity index (χ1) is 21.6. The number of hydrogen-bond acceptors (Lipinski definition) is 7. The summed E-state index contributed by atoms with van der Waals surface area (Å²) >= 11 is 5.84. The predicted octanol–water partition coefficient (Wildman–Crippen LogP) is 9.33. The maximum Gasteiger partial charge on any atom is 0.303 e. The van der Waals surface area contributed by atoms with Crippen molar-refractivity contribution in [1.82, 2.24) is 10.5 Å². The number of likely N-dealkylation sites (N-methyl/N-ethyl adjacent to an activating group) is 1. The molecule has 1 aromatic rings. The van der Waals surface area contributed by atoms with E-state index in [9.17, 15) is 4.79 Å². The Morgan fingerprint density at radius 3 is 2.13 bits per heavy atom. The molecule has 1 heterocycles. The summed E-state index contributed by atoms with van der Waals surface area (Å²) in [5.41, 5.74) is 3.76. The molecule has 262 valence electrons. The van der Waals surface area contributed by atoms with Crippen LogP contribution in [0.2, 0.25) is 0 Å². The molecule has 0 aromatic carbocycles. The maximum atomic E-state index is 9.60. The number of aromatic nitrogens is 1. The Labute approximate surface area is 279 Å². The smallest absolute Gasteiger partial charge is 0.303 e. The Hall–Kier alpha value is -2.42. The minimum Gasteiger partial charge on any atom is -0.481 e. The summed E-state index contributed by atoms with van der Waals surface area (Å²) in [5.74, 6) is 2.71. The van der Waals surface area contributed by atoms with Crippen LogP contribution in [0.5, 0.6) is 0 Å². The summed E-state index contributed by atoms with van der Waals surface area (Å²) in [4.78, 5) is 17.6. The van der Waals surface area contributed by atoms with Gasteiger partial charge in [0.25, 0.3) is 0 Å². The van der Waals surface area contributed by atoms with Crippen LogP contribution in [0, 0.1) is 18.3 Å². The monoisotopic (exact) mass is 656 g/mol. The number of aliphatic carboxylic acids is 1. The number of aliphatic hydroxyl groups is 1. The summed E-state index contributed by atoms with van der Waals surface area (Å²) in [7, 11) is 3.61. The van der Waals surface area contributed by atoms with E-state index in [1.54, 1.807) is 31.4 Å². The van der Waals surface area contributed by atoms with Crippen molar-refractivity contribution in [2.75, 3.05) is 27.4 Å². The Morgan fingerprint density at radius 1 is 1.18 bits per heavy atom. The van der Waals surface area contributed by atoms with Crippen molar-refractivity contribution in [3.05, 3.63) is 52.1 Å². The van der Waals surface area contributed by atoms with E-state index in [2.05, 4.69) is 31.2 Å². The van der Waals surface area contributed by atoms with Crippen LogP contribution in [-0.2, 0) is 14.3 Å². The highest BCUT2D eigenvalue weighted by Crippen LogP contribution is 2.52. The summed E-state index contributed by atoms with van der Waals surface area (Å²) in [6.07, 6.45) is 15.7. The topological polar surface area (TPSA) is 122 Å². The maximum absolute atomic E-state index is 9.60. The molecule has 1 aromatic heterocycles. The van der Waals surface area contributed by atoms with Crippen LogP contribution in [0.1, 0.15) is 136 Å². The van der Waals surface area contributed by atoms with Gasteiger partial charge in [-0.3, -0.25) is 4.79 Å². The van der Waals surface area contributed by atoms with Gasteiger partial charge in [0.05, 0.1) is 29.6 Å². The Morgan fingerprint density at radius 2 is 1.76 bits per heavy atom. The molecule has 0 amide bonds. The lowest BCUT2D eigenvalue weighted by molar-refractivity contribution is -0.137. The molecule has 1 unspecified atom stereocenters. The van der Waals surface area contributed by atoms with Gasteiger partial charge in [-0.05, 0) is 82.1 Å². The molecule has 3 rings (SSSR count). The predicted molar refractivity (Wildman–Crippen MR) is 189 cm³/mol. The van der Waals surface area contributed by atoms with E-state index in [0.717, 1.165) is 36.3 Å². The van der Waals surface area contributed by atoms with Crippen LogP contribution in [0.4, 0.5) is 0 Å². The molecule has 0 spiro atoms. The van der Waals surface area contributed by atoms with Crippen molar-refractivity contribution >= 4 is 24.4 Å². The van der Waals surface area contributed by atoms with Gasteiger partial charge in [-0.15, -0.1) is 0 Å². The highest BCUT2D eigenvalue weighted by molar-refractivity contribution is 6.31. The number of nitrogens with one attached hydrogen (secondary N) is 1. The molecule has 0 saturated heterocycles. The third-order valence-corrected chi connectivity index (χ3v) is 7.83. The molecule has 9 heteroatoms. The second-order valence-electron chi connectivity index (χ2n) is 10.9. The summed E-state index contributed by atoms with van der Waals surface area (Å²) < 4.78 is 11.1. The second-order valence-corrected chi connectivity index (χ2v) is 11.3. The molecule has 0 bridgehead atoms. The van der Waals surface area contributed by atoms with E-state index in [-0.39, 0.29) is 6.61 Å². The molecule has 8 nitrogen and oxygen atoms in total. The molecule has 2 saturated carbocycles. The van der Waals surface area contributed by atoms with E-state index in [0.29, 0.717) is 22.8 Å². The lowest BCUT2D eigenvalue weighted by Crippen LogP contribution is -2.31. The van der Waals surface area contributed by atoms with Gasteiger partial charge in [0, 0.05) is 32.1 Å². The van der Waals surface area contributed by atoms with Gasteiger partial charge in [-0.25, -0.2) is 0 Å². The van der Waals surface area contributed by atoms with E-state index in [1.165, 1.54) is 49.8 Å². The first kappa shape index (κ1) is 47.0. The van der Waals surface area contributed by atoms with Crippen LogP contribution in [-0.4, -0.2) is 55.5 Å². The van der Waals surface area contributed by atoms with Crippen molar-refractivity contribution in [1.29, 1.82) is 0 Å². The first-order valence-corrected chi connectivity index (χ1v) is 16.9. The van der Waals surface area contributed by atoms with Crippen molar-refractivity contribution in [3.8, 4) is 0 Å². The first-order valence-electron chi connectivity index (χ1n) is 16.5. The molecular formula is C36H65ClN2O6. The van der Waals surface area contributed by atoms with Gasteiger partial charge in [0.15, 0.2) is 0 Å². The van der Waals surface area contributed by atoms with Gasteiger partial charge >= 0.3 is 5.97 Å². The van der Waals surface area contributed by atoms with Crippen LogP contribution < -0.4 is 5.32 Å². The van der Waals surface area contributed by atoms with Crippen LogP contribution in [0.25, 0.3) is 0 Å². The highest BCUT2D eigenvalue weighted by Gasteiger charge is 2.41. The number of halogens is 1. The normalized spacial score (nSPS) is 18.3. The zero-order chi connectivity index (χ0) is 35.4. The molecule has 45 heavy (non-hydrogen) atoms. The average Bonchev–Trinajstić information content (AvgIpc) is 3.81. The number of carboxylic acid groups (broad SMARTS) is 1. The van der Waals surface area contributed by atoms with E-state index < -0.39 is 5.97 Å². The third-order valence-electron chi connectivity index (χ3n) is 7.40. The molecular weight excluding hydrogens is 592 g/mol. The van der Waals surface area contributed by atoms with Crippen molar-refractivity contribution in [2.24, 2.45) is 11.3 Å². The fraction of sp³-hybridized carbons (Fsp3) is 0.694. The zero-order valence-electron chi connectivity index (χ0n) is 30.2. The summed E-state index contributed by atoms with van der Waals surface area (Å²) in [6, 6.07) is 0. The number of rotatable bonds is 13. The number of carbonyl (C=O) groups excluding carboxylic acids is 1. The number of methoxy groups -OCH3 is 1. The molecule has 2 aliphatic carbocycles.